The van der Waals surface area contributed by atoms with Crippen LogP contribution in [0.15, 0.2) is 30.3 Å². The Bertz CT molecular complexity index is 616. The predicted molar refractivity (Wildman–Crippen MR) is 128 cm³/mol. The molecule has 1 aromatic rings. The van der Waals surface area contributed by atoms with E-state index in [2.05, 4.69) is 6.92 Å². The summed E-state index contributed by atoms with van der Waals surface area (Å²) in [6, 6.07) is 9.31. The highest BCUT2D eigenvalue weighted by molar-refractivity contribution is 5.79. The molecule has 0 aliphatic rings. The number of carbonyl (C=O) groups excluding carboxylic acids is 1. The Morgan fingerprint density at radius 1 is 0.781 bits per heavy atom. The summed E-state index contributed by atoms with van der Waals surface area (Å²) in [7, 11) is 0. The van der Waals surface area contributed by atoms with Crippen molar-refractivity contribution in [1.29, 1.82) is 0 Å². The smallest absolute Gasteiger partial charge is 0.377 e. The van der Waals surface area contributed by atoms with Crippen molar-refractivity contribution < 1.29 is 24.2 Å². The average Bonchev–Trinajstić information content (AvgIpc) is 2.77. The SMILES string of the molecule is CCCCCCCCCCCCCCCCC(OCc1ccccc1)(OC(C)=O)C(=O)O. The van der Waals surface area contributed by atoms with Crippen molar-refractivity contribution in [2.24, 2.45) is 0 Å². The predicted octanol–water partition coefficient (Wildman–Crippen LogP) is 7.42. The number of esters is 1. The Kier molecular flexibility index (Phi) is 15.5. The van der Waals surface area contributed by atoms with Crippen molar-refractivity contribution in [1.82, 2.24) is 0 Å². The molecule has 0 heterocycles. The zero-order chi connectivity index (χ0) is 23.5. The molecule has 0 aliphatic heterocycles. The van der Waals surface area contributed by atoms with E-state index in [0.29, 0.717) is 6.42 Å². The first-order chi connectivity index (χ1) is 15.5. The van der Waals surface area contributed by atoms with Gasteiger partial charge in [0.2, 0.25) is 0 Å². The molecule has 0 amide bonds. The van der Waals surface area contributed by atoms with E-state index in [0.717, 1.165) is 24.8 Å². The van der Waals surface area contributed by atoms with Gasteiger partial charge in [-0.25, -0.2) is 4.79 Å². The summed E-state index contributed by atoms with van der Waals surface area (Å²) in [5.74, 6) is -3.82. The number of carboxylic acid groups (broad SMARTS) is 1. The Morgan fingerprint density at radius 3 is 1.69 bits per heavy atom. The van der Waals surface area contributed by atoms with Crippen LogP contribution in [0.3, 0.4) is 0 Å². The molecule has 0 aromatic heterocycles. The zero-order valence-corrected chi connectivity index (χ0v) is 20.3. The molecule has 1 rings (SSSR count). The van der Waals surface area contributed by atoms with Gasteiger partial charge in [0.05, 0.1) is 6.61 Å². The number of hydrogen-bond acceptors (Lipinski definition) is 4. The topological polar surface area (TPSA) is 72.8 Å². The van der Waals surface area contributed by atoms with Crippen LogP contribution in [0.1, 0.15) is 116 Å². The number of carboxylic acids is 1. The minimum Gasteiger partial charge on any atom is -0.476 e. The Labute approximate surface area is 194 Å². The highest BCUT2D eigenvalue weighted by Gasteiger charge is 2.43. The summed E-state index contributed by atoms with van der Waals surface area (Å²) >= 11 is 0. The third-order valence-corrected chi connectivity index (χ3v) is 5.81. The van der Waals surface area contributed by atoms with Gasteiger partial charge in [0, 0.05) is 13.3 Å². The molecule has 1 aromatic carbocycles. The van der Waals surface area contributed by atoms with Crippen LogP contribution in [-0.4, -0.2) is 22.8 Å². The lowest BCUT2D eigenvalue weighted by molar-refractivity contribution is -0.245. The van der Waals surface area contributed by atoms with Gasteiger partial charge in [-0.05, 0) is 12.0 Å². The van der Waals surface area contributed by atoms with Crippen LogP contribution in [-0.2, 0) is 25.7 Å². The molecule has 1 atom stereocenters. The van der Waals surface area contributed by atoms with Gasteiger partial charge in [0.1, 0.15) is 0 Å². The molecular formula is C27H44O5. The van der Waals surface area contributed by atoms with E-state index in [1.807, 2.05) is 30.3 Å². The average molecular weight is 449 g/mol. The fourth-order valence-electron chi connectivity index (χ4n) is 3.92. The molecule has 0 fully saturated rings. The fourth-order valence-corrected chi connectivity index (χ4v) is 3.92. The summed E-state index contributed by atoms with van der Waals surface area (Å²) in [6.07, 6.45) is 17.3. The van der Waals surface area contributed by atoms with Gasteiger partial charge < -0.3 is 14.6 Å². The third kappa shape index (κ3) is 12.8. The van der Waals surface area contributed by atoms with E-state index in [1.54, 1.807) is 0 Å². The molecule has 5 nitrogen and oxygen atoms in total. The van der Waals surface area contributed by atoms with Crippen LogP contribution in [0.5, 0.6) is 0 Å². The van der Waals surface area contributed by atoms with E-state index in [9.17, 15) is 14.7 Å². The van der Waals surface area contributed by atoms with Gasteiger partial charge >= 0.3 is 17.7 Å². The lowest BCUT2D eigenvalue weighted by Gasteiger charge is -2.28. The monoisotopic (exact) mass is 448 g/mol. The van der Waals surface area contributed by atoms with Gasteiger partial charge in [0.25, 0.3) is 0 Å². The maximum absolute atomic E-state index is 11.9. The quantitative estimate of drug-likeness (QED) is 0.128. The van der Waals surface area contributed by atoms with Crippen molar-refractivity contribution in [3.8, 4) is 0 Å². The van der Waals surface area contributed by atoms with Gasteiger partial charge in [-0.15, -0.1) is 0 Å². The number of ether oxygens (including phenoxy) is 2. The molecule has 182 valence electrons. The second-order valence-corrected chi connectivity index (χ2v) is 8.77. The van der Waals surface area contributed by atoms with Crippen molar-refractivity contribution in [3.05, 3.63) is 35.9 Å². The van der Waals surface area contributed by atoms with E-state index in [1.165, 1.54) is 71.1 Å². The van der Waals surface area contributed by atoms with Gasteiger partial charge in [-0.2, -0.15) is 0 Å². The Hall–Kier alpha value is -1.88. The molecule has 0 spiro atoms. The molecule has 1 N–H and O–H groups in total. The molecule has 0 bridgehead atoms. The summed E-state index contributed by atoms with van der Waals surface area (Å²) in [6.45, 7) is 3.55. The lowest BCUT2D eigenvalue weighted by atomic mass is 10.0. The summed E-state index contributed by atoms with van der Waals surface area (Å²) in [5.41, 5.74) is 0.839. The van der Waals surface area contributed by atoms with E-state index >= 15 is 0 Å². The largest absolute Gasteiger partial charge is 0.476 e. The molecule has 1 unspecified atom stereocenters. The normalized spacial score (nSPS) is 12.9. The number of carbonyl (C=O) groups is 2. The lowest BCUT2D eigenvalue weighted by Crippen LogP contribution is -2.45. The minimum absolute atomic E-state index is 0.0824. The third-order valence-electron chi connectivity index (χ3n) is 5.81. The number of unbranched alkanes of at least 4 members (excludes halogenated alkanes) is 13. The van der Waals surface area contributed by atoms with Crippen LogP contribution in [0.4, 0.5) is 0 Å². The Balaban J connectivity index is 2.23. The molecule has 5 heteroatoms. The van der Waals surface area contributed by atoms with E-state index < -0.39 is 17.7 Å². The van der Waals surface area contributed by atoms with Crippen LogP contribution in [0.25, 0.3) is 0 Å². The summed E-state index contributed by atoms with van der Waals surface area (Å²) in [4.78, 5) is 23.5. The highest BCUT2D eigenvalue weighted by atomic mass is 16.7. The molecule has 32 heavy (non-hydrogen) atoms. The van der Waals surface area contributed by atoms with Crippen LogP contribution in [0, 0.1) is 0 Å². The van der Waals surface area contributed by atoms with Gasteiger partial charge in [0.15, 0.2) is 0 Å². The summed E-state index contributed by atoms with van der Waals surface area (Å²) < 4.78 is 10.8. The maximum atomic E-state index is 11.9. The van der Waals surface area contributed by atoms with Crippen LogP contribution >= 0.6 is 0 Å². The van der Waals surface area contributed by atoms with E-state index in [4.69, 9.17) is 9.47 Å². The van der Waals surface area contributed by atoms with Crippen molar-refractivity contribution in [2.75, 3.05) is 0 Å². The standard InChI is InChI=1S/C27H44O5/c1-3-4-5-6-7-8-9-10-11-12-13-14-15-19-22-27(26(29)30,32-24(2)28)31-23-25-20-17-16-18-21-25/h16-18,20-21H,3-15,19,22-23H2,1-2H3,(H,29,30). The van der Waals surface area contributed by atoms with Crippen LogP contribution < -0.4 is 0 Å². The fraction of sp³-hybridized carbons (Fsp3) is 0.704. The molecule has 0 saturated heterocycles. The first-order valence-corrected chi connectivity index (χ1v) is 12.6. The number of benzene rings is 1. The summed E-state index contributed by atoms with van der Waals surface area (Å²) in [5, 5.41) is 9.75. The van der Waals surface area contributed by atoms with Crippen molar-refractivity contribution in [3.63, 3.8) is 0 Å². The molecule has 0 saturated carbocycles. The van der Waals surface area contributed by atoms with Crippen LogP contribution in [0.2, 0.25) is 0 Å². The zero-order valence-electron chi connectivity index (χ0n) is 20.3. The molecular weight excluding hydrogens is 404 g/mol. The second-order valence-electron chi connectivity index (χ2n) is 8.77. The highest BCUT2D eigenvalue weighted by Crippen LogP contribution is 2.25. The maximum Gasteiger partial charge on any atom is 0.377 e. The van der Waals surface area contributed by atoms with Gasteiger partial charge in [-0.1, -0.05) is 121 Å². The molecule has 0 radical (unpaired) electrons. The Morgan fingerprint density at radius 2 is 1.25 bits per heavy atom. The van der Waals surface area contributed by atoms with Crippen molar-refractivity contribution in [2.45, 2.75) is 123 Å². The second kappa shape index (κ2) is 17.6. The molecule has 0 aliphatic carbocycles. The van der Waals surface area contributed by atoms with Crippen molar-refractivity contribution >= 4 is 11.9 Å². The first-order valence-electron chi connectivity index (χ1n) is 12.6. The number of rotatable bonds is 20. The van der Waals surface area contributed by atoms with Gasteiger partial charge in [-0.3, -0.25) is 4.79 Å². The minimum atomic E-state index is -1.92. The first kappa shape index (κ1) is 28.2. The van der Waals surface area contributed by atoms with E-state index in [-0.39, 0.29) is 13.0 Å². The number of aliphatic carboxylic acids is 1. The number of hydrogen-bond donors (Lipinski definition) is 1.